The Hall–Kier alpha value is -2.93. The van der Waals surface area contributed by atoms with E-state index in [1.807, 2.05) is 29.3 Å². The summed E-state index contributed by atoms with van der Waals surface area (Å²) in [6.45, 7) is 6.35. The fourth-order valence-electron chi connectivity index (χ4n) is 5.17. The van der Waals surface area contributed by atoms with Crippen LogP contribution in [-0.2, 0) is 27.4 Å². The number of benzene rings is 1. The predicted octanol–water partition coefficient (Wildman–Crippen LogP) is 1.94. The Kier molecular flexibility index (Phi) is 4.73. The van der Waals surface area contributed by atoms with Crippen molar-refractivity contribution in [2.45, 2.75) is 38.6 Å². The lowest BCUT2D eigenvalue weighted by atomic mass is 9.76. The lowest BCUT2D eigenvalue weighted by Crippen LogP contribution is -2.45. The van der Waals surface area contributed by atoms with Crippen LogP contribution >= 0.6 is 0 Å². The molecule has 4 atom stereocenters. The Bertz CT molecular complexity index is 1050. The molecule has 3 aliphatic heterocycles. The number of ether oxygens (including phenoxy) is 1. The largest absolute Gasteiger partial charge is 0.360 e. The van der Waals surface area contributed by atoms with E-state index in [1.54, 1.807) is 22.8 Å². The summed E-state index contributed by atoms with van der Waals surface area (Å²) >= 11 is 0. The van der Waals surface area contributed by atoms with Gasteiger partial charge in [0.15, 0.2) is 0 Å². The van der Waals surface area contributed by atoms with Gasteiger partial charge in [-0.1, -0.05) is 30.4 Å². The van der Waals surface area contributed by atoms with Crippen LogP contribution in [0, 0.1) is 25.7 Å². The molecular weight excluding hydrogens is 392 g/mol. The number of carbonyl (C=O) groups is 2. The summed E-state index contributed by atoms with van der Waals surface area (Å²) in [6, 6.07) is 8.16. The van der Waals surface area contributed by atoms with Crippen LogP contribution in [0.5, 0.6) is 0 Å². The molecule has 0 aliphatic carbocycles. The summed E-state index contributed by atoms with van der Waals surface area (Å²) in [5.41, 5.74) is 2.88. The van der Waals surface area contributed by atoms with Gasteiger partial charge in [-0.05, 0) is 36.6 Å². The molecule has 2 fully saturated rings. The molecule has 0 saturated carbocycles. The second-order valence-electron chi connectivity index (χ2n) is 9.04. The summed E-state index contributed by atoms with van der Waals surface area (Å²) < 4.78 is 8.06. The second kappa shape index (κ2) is 7.34. The van der Waals surface area contributed by atoms with Gasteiger partial charge >= 0.3 is 0 Å². The third-order valence-electron chi connectivity index (χ3n) is 7.01. The Labute approximate surface area is 182 Å². The van der Waals surface area contributed by atoms with Crippen molar-refractivity contribution in [1.82, 2.24) is 19.6 Å². The topological polar surface area (TPSA) is 67.7 Å². The van der Waals surface area contributed by atoms with Gasteiger partial charge in [-0.3, -0.25) is 14.3 Å². The maximum Gasteiger partial charge on any atom is 0.230 e. The summed E-state index contributed by atoms with van der Waals surface area (Å²) in [5.74, 6) is -0.933. The molecule has 1 spiro atoms. The van der Waals surface area contributed by atoms with Crippen LogP contribution in [0.1, 0.15) is 16.7 Å². The number of aromatic nitrogens is 2. The van der Waals surface area contributed by atoms with E-state index >= 15 is 0 Å². The zero-order valence-corrected chi connectivity index (χ0v) is 18.2. The van der Waals surface area contributed by atoms with Crippen molar-refractivity contribution < 1.29 is 14.3 Å². The molecule has 0 radical (unpaired) electrons. The lowest BCUT2D eigenvalue weighted by molar-refractivity contribution is -0.142. The second-order valence-corrected chi connectivity index (χ2v) is 9.04. The van der Waals surface area contributed by atoms with Gasteiger partial charge in [-0.2, -0.15) is 5.10 Å². The van der Waals surface area contributed by atoms with Crippen molar-refractivity contribution in [2.75, 3.05) is 20.1 Å². The van der Waals surface area contributed by atoms with Crippen LogP contribution < -0.4 is 0 Å². The van der Waals surface area contributed by atoms with E-state index in [0.29, 0.717) is 26.2 Å². The van der Waals surface area contributed by atoms with Crippen molar-refractivity contribution in [3.05, 3.63) is 65.5 Å². The molecule has 2 saturated heterocycles. The molecule has 0 N–H and O–H groups in total. The van der Waals surface area contributed by atoms with E-state index in [0.717, 1.165) is 5.56 Å². The highest BCUT2D eigenvalue weighted by atomic mass is 16.5. The number of carbonyl (C=O) groups excluding carboxylic acids is 2. The lowest BCUT2D eigenvalue weighted by Gasteiger charge is -2.27. The zero-order valence-electron chi connectivity index (χ0n) is 18.2. The highest BCUT2D eigenvalue weighted by Gasteiger charge is 2.67. The Balaban J connectivity index is 1.32. The summed E-state index contributed by atoms with van der Waals surface area (Å²) in [7, 11) is 1.79. The number of likely N-dealkylation sites (N-methyl/N-ethyl adjacent to an activating group) is 1. The van der Waals surface area contributed by atoms with Crippen molar-refractivity contribution in [1.29, 1.82) is 0 Å². The molecule has 7 nitrogen and oxygen atoms in total. The molecular formula is C24H28N4O3. The van der Waals surface area contributed by atoms with Gasteiger partial charge in [0.1, 0.15) is 5.60 Å². The first-order chi connectivity index (χ1) is 14.9. The first-order valence-corrected chi connectivity index (χ1v) is 10.8. The molecule has 31 heavy (non-hydrogen) atoms. The van der Waals surface area contributed by atoms with Crippen molar-refractivity contribution >= 4 is 11.8 Å². The van der Waals surface area contributed by atoms with E-state index in [2.05, 4.69) is 37.1 Å². The van der Waals surface area contributed by atoms with Crippen LogP contribution in [0.4, 0.5) is 0 Å². The molecule has 2 bridgehead atoms. The molecule has 1 aromatic heterocycles. The molecule has 0 unspecified atom stereocenters. The fraction of sp³-hybridized carbons (Fsp3) is 0.458. The summed E-state index contributed by atoms with van der Waals surface area (Å²) in [5, 5.41) is 4.19. The smallest absolute Gasteiger partial charge is 0.230 e. The summed E-state index contributed by atoms with van der Waals surface area (Å²) in [6.07, 6.45) is 7.25. The van der Waals surface area contributed by atoms with Crippen molar-refractivity contribution in [2.24, 2.45) is 11.8 Å². The van der Waals surface area contributed by atoms with E-state index in [9.17, 15) is 9.59 Å². The predicted molar refractivity (Wildman–Crippen MR) is 115 cm³/mol. The third-order valence-corrected chi connectivity index (χ3v) is 7.01. The Morgan fingerprint density at radius 1 is 1.32 bits per heavy atom. The maximum atomic E-state index is 13.4. The van der Waals surface area contributed by atoms with Gasteiger partial charge < -0.3 is 14.5 Å². The molecule has 5 rings (SSSR count). The van der Waals surface area contributed by atoms with Crippen LogP contribution in [0.25, 0.3) is 0 Å². The Morgan fingerprint density at radius 3 is 2.90 bits per heavy atom. The number of fused-ring (bicyclic) bond motifs is 1. The first kappa shape index (κ1) is 20.0. The highest BCUT2D eigenvalue weighted by molar-refractivity contribution is 5.93. The standard InChI is InChI=1S/C24H28N4O3/c1-16-5-6-18(13-17(16)2)14-27-15-24-8-7-19(31-24)20(21(24)23(27)30)22(29)26(3)11-12-28-10-4-9-25-28/h4-10,13,19-21H,11-12,14-15H2,1-3H3/t19-,20-,21-,24-/m0/s1. The first-order valence-electron chi connectivity index (χ1n) is 10.8. The van der Waals surface area contributed by atoms with E-state index in [1.165, 1.54) is 11.1 Å². The van der Waals surface area contributed by atoms with Gasteiger partial charge in [0.25, 0.3) is 0 Å². The fourth-order valence-corrected chi connectivity index (χ4v) is 5.17. The summed E-state index contributed by atoms with van der Waals surface area (Å²) in [4.78, 5) is 30.3. The SMILES string of the molecule is Cc1ccc(CN2C[C@]34C=C[C@H](O3)[C@H](C(=O)N(C)CCn3cccn3)[C@H]4C2=O)cc1C. The molecule has 7 heteroatoms. The molecule has 1 aromatic carbocycles. The average Bonchev–Trinajstić information content (AvgIpc) is 3.51. The van der Waals surface area contributed by atoms with E-state index in [-0.39, 0.29) is 17.9 Å². The molecule has 4 heterocycles. The molecule has 2 aromatic rings. The number of amides is 2. The van der Waals surface area contributed by atoms with Crippen molar-refractivity contribution in [3.8, 4) is 0 Å². The zero-order chi connectivity index (χ0) is 21.8. The van der Waals surface area contributed by atoms with E-state index < -0.39 is 17.4 Å². The van der Waals surface area contributed by atoms with Crippen LogP contribution in [0.2, 0.25) is 0 Å². The van der Waals surface area contributed by atoms with Crippen LogP contribution in [0.3, 0.4) is 0 Å². The molecule has 3 aliphatic rings. The number of likely N-dealkylation sites (tertiary alicyclic amines) is 1. The number of hydrogen-bond acceptors (Lipinski definition) is 4. The normalized spacial score (nSPS) is 28.4. The van der Waals surface area contributed by atoms with Crippen molar-refractivity contribution in [3.63, 3.8) is 0 Å². The monoisotopic (exact) mass is 420 g/mol. The van der Waals surface area contributed by atoms with Crippen LogP contribution in [0.15, 0.2) is 48.8 Å². The van der Waals surface area contributed by atoms with Crippen LogP contribution in [-0.4, -0.2) is 63.2 Å². The number of nitrogens with zero attached hydrogens (tertiary/aromatic N) is 4. The Morgan fingerprint density at radius 2 is 2.16 bits per heavy atom. The number of hydrogen-bond donors (Lipinski definition) is 0. The minimum absolute atomic E-state index is 0.0175. The van der Waals surface area contributed by atoms with Gasteiger partial charge in [-0.25, -0.2) is 0 Å². The highest BCUT2D eigenvalue weighted by Crippen LogP contribution is 2.52. The number of rotatable bonds is 6. The van der Waals surface area contributed by atoms with Gasteiger partial charge in [0.2, 0.25) is 11.8 Å². The quantitative estimate of drug-likeness (QED) is 0.670. The molecule has 162 valence electrons. The van der Waals surface area contributed by atoms with Gasteiger partial charge in [-0.15, -0.1) is 0 Å². The maximum absolute atomic E-state index is 13.4. The minimum atomic E-state index is -0.676. The number of aryl methyl sites for hydroxylation is 2. The minimum Gasteiger partial charge on any atom is -0.360 e. The average molecular weight is 421 g/mol. The molecule has 2 amide bonds. The van der Waals surface area contributed by atoms with Gasteiger partial charge in [0, 0.05) is 32.5 Å². The van der Waals surface area contributed by atoms with E-state index in [4.69, 9.17) is 4.74 Å². The van der Waals surface area contributed by atoms with Gasteiger partial charge in [0.05, 0.1) is 31.0 Å². The third kappa shape index (κ3) is 3.28.